The van der Waals surface area contributed by atoms with Crippen LogP contribution in [0.15, 0.2) is 85.2 Å². The summed E-state index contributed by atoms with van der Waals surface area (Å²) in [4.78, 5) is 20.8. The minimum absolute atomic E-state index is 0.189. The van der Waals surface area contributed by atoms with Crippen LogP contribution in [0.4, 0.5) is 5.69 Å². The number of carbonyl (C=O) groups excluding carboxylic acids is 1. The Morgan fingerprint density at radius 1 is 0.926 bits per heavy atom. The second-order valence-electron chi connectivity index (χ2n) is 6.00. The van der Waals surface area contributed by atoms with E-state index in [9.17, 15) is 4.79 Å². The van der Waals surface area contributed by atoms with Gasteiger partial charge in [-0.15, -0.1) is 0 Å². The number of aromatic nitrogens is 2. The van der Waals surface area contributed by atoms with Gasteiger partial charge in [0.1, 0.15) is 12.4 Å². The maximum Gasteiger partial charge on any atom is 0.255 e. The molecule has 0 saturated carbocycles. The average Bonchev–Trinajstić information content (AvgIpc) is 2.73. The zero-order chi connectivity index (χ0) is 18.5. The van der Waals surface area contributed by atoms with Crippen LogP contribution in [0, 0.1) is 0 Å². The minimum Gasteiger partial charge on any atom is -0.487 e. The molecule has 0 fully saturated rings. The Morgan fingerprint density at radius 3 is 2.59 bits per heavy atom. The van der Waals surface area contributed by atoms with Gasteiger partial charge in [-0.25, -0.2) is 4.98 Å². The van der Waals surface area contributed by atoms with Gasteiger partial charge in [0.25, 0.3) is 5.91 Å². The Balaban J connectivity index is 1.39. The molecule has 2 aromatic heterocycles. The van der Waals surface area contributed by atoms with E-state index in [-0.39, 0.29) is 5.91 Å². The molecule has 0 saturated heterocycles. The number of anilines is 1. The number of hydrogen-bond acceptors (Lipinski definition) is 4. The molecule has 2 aromatic carbocycles. The van der Waals surface area contributed by atoms with Crippen molar-refractivity contribution in [1.82, 2.24) is 9.97 Å². The molecule has 132 valence electrons. The molecule has 1 amide bonds. The highest BCUT2D eigenvalue weighted by Crippen LogP contribution is 2.17. The van der Waals surface area contributed by atoms with Gasteiger partial charge >= 0.3 is 0 Å². The molecular formula is C22H17N3O2. The Kier molecular flexibility index (Phi) is 4.74. The van der Waals surface area contributed by atoms with Crippen molar-refractivity contribution in [3.05, 3.63) is 96.4 Å². The number of amides is 1. The third kappa shape index (κ3) is 4.10. The van der Waals surface area contributed by atoms with Gasteiger partial charge in [0.2, 0.25) is 0 Å². The number of nitrogens with one attached hydrogen (secondary N) is 1. The summed E-state index contributed by atoms with van der Waals surface area (Å²) in [5.41, 5.74) is 3.01. The number of pyridine rings is 2. The molecule has 0 aliphatic carbocycles. The highest BCUT2D eigenvalue weighted by Gasteiger charge is 2.07. The van der Waals surface area contributed by atoms with E-state index in [4.69, 9.17) is 4.74 Å². The number of hydrogen-bond donors (Lipinski definition) is 1. The number of fused-ring (bicyclic) bond motifs is 1. The Hall–Kier alpha value is -3.73. The lowest BCUT2D eigenvalue weighted by molar-refractivity contribution is 0.102. The number of nitrogens with zero attached hydrogens (tertiary/aromatic N) is 2. The van der Waals surface area contributed by atoms with Gasteiger partial charge in [0.05, 0.1) is 23.1 Å². The molecule has 2 heterocycles. The fourth-order valence-electron chi connectivity index (χ4n) is 2.69. The summed E-state index contributed by atoms with van der Waals surface area (Å²) in [6.45, 7) is 0.367. The second kappa shape index (κ2) is 7.66. The van der Waals surface area contributed by atoms with E-state index in [1.54, 1.807) is 48.8 Å². The summed E-state index contributed by atoms with van der Waals surface area (Å²) in [5, 5.41) is 3.90. The molecule has 0 bridgehead atoms. The molecule has 0 aliphatic rings. The van der Waals surface area contributed by atoms with Crippen molar-refractivity contribution < 1.29 is 9.53 Å². The van der Waals surface area contributed by atoms with Crippen molar-refractivity contribution in [2.45, 2.75) is 6.61 Å². The van der Waals surface area contributed by atoms with Crippen LogP contribution in [-0.2, 0) is 6.61 Å². The van der Waals surface area contributed by atoms with E-state index in [1.807, 2.05) is 36.4 Å². The SMILES string of the molecule is O=C(Nc1cccnc1)c1ccc(OCc2ccc3ccccc3n2)cc1. The monoisotopic (exact) mass is 355 g/mol. The van der Waals surface area contributed by atoms with Gasteiger partial charge < -0.3 is 10.1 Å². The van der Waals surface area contributed by atoms with Crippen LogP contribution in [0.25, 0.3) is 10.9 Å². The van der Waals surface area contributed by atoms with Gasteiger partial charge in [-0.2, -0.15) is 0 Å². The zero-order valence-corrected chi connectivity index (χ0v) is 14.5. The lowest BCUT2D eigenvalue weighted by Gasteiger charge is -2.08. The Labute approximate surface area is 156 Å². The fraction of sp³-hybridized carbons (Fsp3) is 0.0455. The van der Waals surface area contributed by atoms with Crippen LogP contribution in [-0.4, -0.2) is 15.9 Å². The predicted molar refractivity (Wildman–Crippen MR) is 105 cm³/mol. The van der Waals surface area contributed by atoms with Crippen LogP contribution in [0.3, 0.4) is 0 Å². The Bertz CT molecular complexity index is 1060. The molecule has 4 rings (SSSR count). The number of para-hydroxylation sites is 1. The highest BCUT2D eigenvalue weighted by atomic mass is 16.5. The number of benzene rings is 2. The molecular weight excluding hydrogens is 338 g/mol. The summed E-state index contributed by atoms with van der Waals surface area (Å²) in [5.74, 6) is 0.494. The zero-order valence-electron chi connectivity index (χ0n) is 14.5. The number of ether oxygens (including phenoxy) is 1. The van der Waals surface area contributed by atoms with Crippen molar-refractivity contribution in [3.8, 4) is 5.75 Å². The second-order valence-corrected chi connectivity index (χ2v) is 6.00. The van der Waals surface area contributed by atoms with Crippen molar-refractivity contribution in [2.24, 2.45) is 0 Å². The molecule has 0 spiro atoms. The van der Waals surface area contributed by atoms with E-state index in [0.717, 1.165) is 16.6 Å². The van der Waals surface area contributed by atoms with Crippen molar-refractivity contribution in [1.29, 1.82) is 0 Å². The molecule has 0 aliphatic heterocycles. The van der Waals surface area contributed by atoms with E-state index in [2.05, 4.69) is 15.3 Å². The summed E-state index contributed by atoms with van der Waals surface area (Å²) in [7, 11) is 0. The van der Waals surface area contributed by atoms with Gasteiger partial charge in [-0.1, -0.05) is 24.3 Å². The highest BCUT2D eigenvalue weighted by molar-refractivity contribution is 6.04. The van der Waals surface area contributed by atoms with E-state index in [0.29, 0.717) is 23.6 Å². The van der Waals surface area contributed by atoms with Gasteiger partial charge in [-0.05, 0) is 48.5 Å². The first-order valence-corrected chi connectivity index (χ1v) is 8.57. The molecule has 5 nitrogen and oxygen atoms in total. The minimum atomic E-state index is -0.189. The van der Waals surface area contributed by atoms with E-state index >= 15 is 0 Å². The summed E-state index contributed by atoms with van der Waals surface area (Å²) in [6, 6.07) is 22.5. The molecule has 1 N–H and O–H groups in total. The lowest BCUT2D eigenvalue weighted by atomic mass is 10.2. The first-order valence-electron chi connectivity index (χ1n) is 8.57. The van der Waals surface area contributed by atoms with E-state index in [1.165, 1.54) is 0 Å². The van der Waals surface area contributed by atoms with Crippen LogP contribution in [0.5, 0.6) is 5.75 Å². The van der Waals surface area contributed by atoms with Crippen LogP contribution < -0.4 is 10.1 Å². The van der Waals surface area contributed by atoms with Gasteiger partial charge in [0.15, 0.2) is 0 Å². The third-order valence-electron chi connectivity index (χ3n) is 4.08. The average molecular weight is 355 g/mol. The predicted octanol–water partition coefficient (Wildman–Crippen LogP) is 4.46. The molecule has 0 radical (unpaired) electrons. The lowest BCUT2D eigenvalue weighted by Crippen LogP contribution is -2.11. The molecule has 0 unspecified atom stereocenters. The van der Waals surface area contributed by atoms with Gasteiger partial charge in [0, 0.05) is 17.1 Å². The maximum absolute atomic E-state index is 12.2. The summed E-state index contributed by atoms with van der Waals surface area (Å²) in [6.07, 6.45) is 3.26. The molecule has 5 heteroatoms. The quantitative estimate of drug-likeness (QED) is 0.574. The maximum atomic E-state index is 12.2. The van der Waals surface area contributed by atoms with Crippen molar-refractivity contribution in [3.63, 3.8) is 0 Å². The topological polar surface area (TPSA) is 64.1 Å². The molecule has 4 aromatic rings. The van der Waals surface area contributed by atoms with Crippen LogP contribution in [0.1, 0.15) is 16.1 Å². The first kappa shape index (κ1) is 16.7. The molecule has 27 heavy (non-hydrogen) atoms. The number of carbonyl (C=O) groups is 1. The standard InChI is InChI=1S/C22H17N3O2/c26-22(25-18-5-3-13-23-14-18)17-8-11-20(12-9-17)27-15-19-10-7-16-4-1-2-6-21(16)24-19/h1-14H,15H2,(H,25,26). The Morgan fingerprint density at radius 2 is 1.78 bits per heavy atom. The fourth-order valence-corrected chi connectivity index (χ4v) is 2.69. The van der Waals surface area contributed by atoms with Gasteiger partial charge in [-0.3, -0.25) is 9.78 Å². The van der Waals surface area contributed by atoms with Crippen molar-refractivity contribution in [2.75, 3.05) is 5.32 Å². The van der Waals surface area contributed by atoms with Crippen LogP contribution in [0.2, 0.25) is 0 Å². The van der Waals surface area contributed by atoms with E-state index < -0.39 is 0 Å². The first-order chi connectivity index (χ1) is 13.3. The third-order valence-corrected chi connectivity index (χ3v) is 4.08. The van der Waals surface area contributed by atoms with Crippen molar-refractivity contribution >= 4 is 22.5 Å². The number of rotatable bonds is 5. The largest absolute Gasteiger partial charge is 0.487 e. The normalized spacial score (nSPS) is 10.5. The smallest absolute Gasteiger partial charge is 0.255 e. The molecule has 0 atom stereocenters. The summed E-state index contributed by atoms with van der Waals surface area (Å²) < 4.78 is 5.79. The summed E-state index contributed by atoms with van der Waals surface area (Å²) >= 11 is 0. The van der Waals surface area contributed by atoms with Crippen LogP contribution >= 0.6 is 0 Å².